The van der Waals surface area contributed by atoms with E-state index in [1.165, 1.54) is 4.90 Å². The number of alkyl halides is 2. The molecule has 5 rings (SSSR count). The van der Waals surface area contributed by atoms with Crippen LogP contribution in [0.25, 0.3) is 0 Å². The van der Waals surface area contributed by atoms with Gasteiger partial charge in [0.25, 0.3) is 6.43 Å². The molecule has 9 atom stereocenters. The molecule has 5 aliphatic carbocycles. The Balaban J connectivity index is 1.48. The van der Waals surface area contributed by atoms with E-state index in [1.54, 1.807) is 6.08 Å². The molecule has 0 aliphatic heterocycles. The predicted octanol–water partition coefficient (Wildman–Crippen LogP) is 3.08. The lowest BCUT2D eigenvalue weighted by Crippen LogP contribution is -2.61. The summed E-state index contributed by atoms with van der Waals surface area (Å²) in [4.78, 5) is 27.6. The minimum Gasteiger partial charge on any atom is -0.390 e. The molecule has 35 heavy (non-hydrogen) atoms. The molecule has 0 heterocycles. The number of nitrogens with zero attached hydrogens (tertiary/aromatic N) is 1. The number of allylic oxidation sites excluding steroid dienone is 1. The Bertz CT molecular complexity index is 937. The molecule has 4 fully saturated rings. The van der Waals surface area contributed by atoms with E-state index in [9.17, 15) is 33.7 Å². The molecule has 0 aromatic rings. The van der Waals surface area contributed by atoms with Crippen molar-refractivity contribution in [1.29, 1.82) is 0 Å². The van der Waals surface area contributed by atoms with E-state index in [0.29, 0.717) is 37.7 Å². The van der Waals surface area contributed by atoms with Crippen molar-refractivity contribution in [1.82, 2.24) is 4.90 Å². The molecule has 0 radical (unpaired) electrons. The van der Waals surface area contributed by atoms with Crippen molar-refractivity contribution in [3.8, 4) is 0 Å². The van der Waals surface area contributed by atoms with Gasteiger partial charge in [0.2, 0.25) is 5.91 Å². The maximum Gasteiger partial charge on any atom is 0.255 e. The number of hydrogen-bond donors (Lipinski definition) is 3. The molecule has 0 aromatic carbocycles. The van der Waals surface area contributed by atoms with Gasteiger partial charge in [-0.25, -0.2) is 8.78 Å². The molecule has 3 N–H and O–H groups in total. The van der Waals surface area contributed by atoms with E-state index in [1.807, 2.05) is 20.8 Å². The van der Waals surface area contributed by atoms with Crippen LogP contribution in [-0.4, -0.2) is 68.7 Å². The van der Waals surface area contributed by atoms with Gasteiger partial charge in [0.05, 0.1) is 24.4 Å². The van der Waals surface area contributed by atoms with E-state index in [-0.39, 0.29) is 35.9 Å². The molecule has 196 valence electrons. The van der Waals surface area contributed by atoms with Gasteiger partial charge in [0.1, 0.15) is 0 Å². The lowest BCUT2D eigenvalue weighted by atomic mass is 9.46. The Kier molecular flexibility index (Phi) is 6.01. The minimum atomic E-state index is -2.62. The normalized spacial score (nSPS) is 45.9. The summed E-state index contributed by atoms with van der Waals surface area (Å²) in [6.45, 7) is 5.25. The van der Waals surface area contributed by atoms with Crippen LogP contribution in [-0.2, 0) is 9.59 Å². The molecule has 1 amide bonds. The number of hydrogen-bond acceptors (Lipinski definition) is 5. The van der Waals surface area contributed by atoms with E-state index in [2.05, 4.69) is 0 Å². The molecular weight excluding hydrogens is 456 g/mol. The largest absolute Gasteiger partial charge is 0.390 e. The molecule has 2 unspecified atom stereocenters. The highest BCUT2D eigenvalue weighted by atomic mass is 19.3. The first-order valence-electron chi connectivity index (χ1n) is 13.3. The first kappa shape index (κ1) is 25.3. The Morgan fingerprint density at radius 1 is 1.11 bits per heavy atom. The topological polar surface area (TPSA) is 98.1 Å². The highest BCUT2D eigenvalue weighted by molar-refractivity contribution is 5.95. The zero-order valence-electron chi connectivity index (χ0n) is 20.9. The van der Waals surface area contributed by atoms with Crippen molar-refractivity contribution < 1.29 is 33.7 Å². The molecule has 0 aromatic heterocycles. The number of carbonyl (C=O) groups is 2. The Hall–Kier alpha value is -1.38. The Morgan fingerprint density at radius 2 is 1.80 bits per heavy atom. The first-order valence-corrected chi connectivity index (χ1v) is 13.3. The number of amides is 1. The second-order valence-corrected chi connectivity index (χ2v) is 12.5. The van der Waals surface area contributed by atoms with Crippen LogP contribution < -0.4 is 0 Å². The zero-order valence-corrected chi connectivity index (χ0v) is 20.9. The molecular formula is C27H39F2NO5. The van der Waals surface area contributed by atoms with Crippen molar-refractivity contribution >= 4 is 11.7 Å². The maximum atomic E-state index is 13.5. The second-order valence-electron chi connectivity index (χ2n) is 12.5. The number of fused-ring (bicyclic) bond motifs is 5. The fourth-order valence-electron chi connectivity index (χ4n) is 8.57. The van der Waals surface area contributed by atoms with E-state index >= 15 is 0 Å². The summed E-state index contributed by atoms with van der Waals surface area (Å²) in [5, 5.41) is 33.0. The quantitative estimate of drug-likeness (QED) is 0.545. The average molecular weight is 496 g/mol. The van der Waals surface area contributed by atoms with Crippen LogP contribution >= 0.6 is 0 Å². The van der Waals surface area contributed by atoms with Crippen LogP contribution in [0.15, 0.2) is 11.6 Å². The third kappa shape index (κ3) is 3.64. The smallest absolute Gasteiger partial charge is 0.255 e. The van der Waals surface area contributed by atoms with Gasteiger partial charge in [-0.05, 0) is 87.2 Å². The van der Waals surface area contributed by atoms with Gasteiger partial charge < -0.3 is 20.2 Å². The molecule has 4 saturated carbocycles. The number of aliphatic hydroxyl groups excluding tert-OH is 2. The van der Waals surface area contributed by atoms with E-state index in [4.69, 9.17) is 0 Å². The average Bonchev–Trinajstić information content (AvgIpc) is 3.58. The molecule has 5 aliphatic rings. The van der Waals surface area contributed by atoms with Crippen LogP contribution in [0.5, 0.6) is 0 Å². The summed E-state index contributed by atoms with van der Waals surface area (Å²) in [7, 11) is 0. The SMILES string of the molecule is CC([C@H]1CC[C@@]2(O)C3=CC(=O)[C@@H]4C[C@@H](O)[C@@H](O)C[C@]4(C)C3CC[C@]12C)N(CC(F)F)C(=O)C1CC1. The van der Waals surface area contributed by atoms with Crippen LogP contribution in [0.3, 0.4) is 0 Å². The Morgan fingerprint density at radius 3 is 2.43 bits per heavy atom. The van der Waals surface area contributed by atoms with Crippen LogP contribution in [0, 0.1) is 34.5 Å². The van der Waals surface area contributed by atoms with Crippen molar-refractivity contribution in [2.45, 2.75) is 102 Å². The number of ketones is 1. The maximum absolute atomic E-state index is 13.5. The second kappa shape index (κ2) is 8.32. The Labute approximate surface area is 205 Å². The number of rotatable bonds is 5. The first-order chi connectivity index (χ1) is 16.3. The summed E-state index contributed by atoms with van der Waals surface area (Å²) in [6, 6.07) is -0.442. The lowest BCUT2D eigenvalue weighted by Gasteiger charge is -2.60. The van der Waals surface area contributed by atoms with Gasteiger partial charge in [-0.1, -0.05) is 13.8 Å². The molecule has 0 saturated heterocycles. The third-order valence-electron chi connectivity index (χ3n) is 10.8. The standard InChI is InChI=1S/C27H39F2NO5/c1-14(30(13-23(28)29)24(34)15-4-5-15)16-7-9-27(35)18-10-20(31)19-11-21(32)22(33)12-25(19,2)17(18)6-8-26(16,27)3/h10,14-17,19,21-23,32-33,35H,4-9,11-13H2,1-3H3/t14?,16-,17?,19+,21-,22+,25-,26-,27-/m1/s1. The van der Waals surface area contributed by atoms with Crippen LogP contribution in [0.4, 0.5) is 8.78 Å². The summed E-state index contributed by atoms with van der Waals surface area (Å²) in [6.07, 6.45) is 1.52. The fraction of sp³-hybridized carbons (Fsp3) is 0.852. The molecule has 6 nitrogen and oxygen atoms in total. The third-order valence-corrected chi connectivity index (χ3v) is 10.8. The van der Waals surface area contributed by atoms with Gasteiger partial charge in [-0.2, -0.15) is 0 Å². The summed E-state index contributed by atoms with van der Waals surface area (Å²) < 4.78 is 27.0. The van der Waals surface area contributed by atoms with Gasteiger partial charge in [-0.3, -0.25) is 9.59 Å². The van der Waals surface area contributed by atoms with Crippen molar-refractivity contribution in [2.24, 2.45) is 34.5 Å². The monoisotopic (exact) mass is 495 g/mol. The van der Waals surface area contributed by atoms with Gasteiger partial charge >= 0.3 is 0 Å². The number of aliphatic hydroxyl groups is 3. The van der Waals surface area contributed by atoms with E-state index in [0.717, 1.165) is 12.8 Å². The predicted molar refractivity (Wildman–Crippen MR) is 124 cm³/mol. The molecule has 8 heteroatoms. The molecule has 0 bridgehead atoms. The number of halogens is 2. The van der Waals surface area contributed by atoms with Crippen molar-refractivity contribution in [3.05, 3.63) is 11.6 Å². The van der Waals surface area contributed by atoms with Crippen molar-refractivity contribution in [2.75, 3.05) is 6.54 Å². The van der Waals surface area contributed by atoms with Crippen LogP contribution in [0.1, 0.15) is 72.1 Å². The number of carbonyl (C=O) groups excluding carboxylic acids is 2. The highest BCUT2D eigenvalue weighted by Gasteiger charge is 2.67. The molecule has 0 spiro atoms. The fourth-order valence-corrected chi connectivity index (χ4v) is 8.57. The summed E-state index contributed by atoms with van der Waals surface area (Å²) in [5.41, 5.74) is -1.76. The van der Waals surface area contributed by atoms with Crippen LogP contribution in [0.2, 0.25) is 0 Å². The van der Waals surface area contributed by atoms with Gasteiger partial charge in [0.15, 0.2) is 5.78 Å². The van der Waals surface area contributed by atoms with Gasteiger partial charge in [0, 0.05) is 23.3 Å². The van der Waals surface area contributed by atoms with Crippen molar-refractivity contribution in [3.63, 3.8) is 0 Å². The lowest BCUT2D eigenvalue weighted by molar-refractivity contribution is -0.155. The minimum absolute atomic E-state index is 0.0928. The summed E-state index contributed by atoms with van der Waals surface area (Å²) >= 11 is 0. The van der Waals surface area contributed by atoms with Gasteiger partial charge in [-0.15, -0.1) is 0 Å². The summed E-state index contributed by atoms with van der Waals surface area (Å²) in [5.74, 6) is -1.13. The zero-order chi connectivity index (χ0) is 25.5. The highest BCUT2D eigenvalue weighted by Crippen LogP contribution is 2.67. The van der Waals surface area contributed by atoms with E-state index < -0.39 is 53.6 Å².